The topological polar surface area (TPSA) is 120 Å². The number of para-hydroxylation sites is 1. The smallest absolute Gasteiger partial charge is 0.338 e. The van der Waals surface area contributed by atoms with Gasteiger partial charge in [-0.05, 0) is 80.2 Å². The van der Waals surface area contributed by atoms with Gasteiger partial charge in [0.25, 0.3) is 5.91 Å². The number of fused-ring (bicyclic) bond motifs is 5. The highest BCUT2D eigenvalue weighted by Gasteiger charge is 2.37. The molecule has 2 saturated heterocycles. The summed E-state index contributed by atoms with van der Waals surface area (Å²) >= 11 is 1.55. The summed E-state index contributed by atoms with van der Waals surface area (Å²) in [6.07, 6.45) is 4.81. The molecule has 250 valence electrons. The molecule has 3 aromatic carbocycles. The molecule has 12 heteroatoms. The van der Waals surface area contributed by atoms with E-state index in [9.17, 15) is 19.2 Å². The highest BCUT2D eigenvalue weighted by atomic mass is 32.2. The Morgan fingerprint density at radius 3 is 2.33 bits per heavy atom. The molecule has 1 saturated carbocycles. The largest absolute Gasteiger partial charge is 0.461 e. The van der Waals surface area contributed by atoms with E-state index in [-0.39, 0.29) is 41.6 Å². The Hall–Kier alpha value is -4.71. The molecule has 1 atom stereocenters. The lowest BCUT2D eigenvalue weighted by molar-refractivity contribution is -0.132. The zero-order valence-electron chi connectivity index (χ0n) is 26.7. The van der Waals surface area contributed by atoms with Crippen molar-refractivity contribution in [2.75, 3.05) is 48.5 Å². The first-order chi connectivity index (χ1) is 23.3. The van der Waals surface area contributed by atoms with Crippen molar-refractivity contribution in [3.05, 3.63) is 95.3 Å². The molecule has 10 nitrogen and oxygen atoms in total. The van der Waals surface area contributed by atoms with Crippen LogP contribution in [0, 0.1) is 17.7 Å². The summed E-state index contributed by atoms with van der Waals surface area (Å²) in [4.78, 5) is 61.8. The molecule has 4 aliphatic rings. The molecule has 0 radical (unpaired) electrons. The number of hydrogen-bond donors (Lipinski definition) is 2. The second-order valence-corrected chi connectivity index (χ2v) is 13.3. The number of hydrogen-bond acceptors (Lipinski definition) is 7. The summed E-state index contributed by atoms with van der Waals surface area (Å²) in [7, 11) is 0. The van der Waals surface area contributed by atoms with Crippen molar-refractivity contribution < 1.29 is 28.3 Å². The third-order valence-corrected chi connectivity index (χ3v) is 9.63. The number of rotatable bonds is 9. The van der Waals surface area contributed by atoms with Crippen LogP contribution in [0.2, 0.25) is 0 Å². The fourth-order valence-corrected chi connectivity index (χ4v) is 6.85. The van der Waals surface area contributed by atoms with Gasteiger partial charge in [0.2, 0.25) is 12.1 Å². The van der Waals surface area contributed by atoms with Crippen LogP contribution in [0.25, 0.3) is 0 Å². The highest BCUT2D eigenvalue weighted by Crippen LogP contribution is 2.34. The number of nitrogens with one attached hydrogen (secondary N) is 2. The maximum atomic E-state index is 15.3. The summed E-state index contributed by atoms with van der Waals surface area (Å²) < 4.78 is 20.5. The molecule has 2 N–H and O–H groups in total. The van der Waals surface area contributed by atoms with Crippen molar-refractivity contribution in [1.82, 2.24) is 10.2 Å². The van der Waals surface area contributed by atoms with Crippen LogP contribution in [-0.2, 0) is 14.3 Å². The van der Waals surface area contributed by atoms with Gasteiger partial charge in [-0.3, -0.25) is 14.5 Å². The first kappa shape index (κ1) is 33.2. The number of urea groups is 1. The molecular formula is C36H38FN5O5S. The monoisotopic (exact) mass is 671 g/mol. The van der Waals surface area contributed by atoms with Crippen LogP contribution in [0.3, 0.4) is 0 Å². The third-order valence-electron chi connectivity index (χ3n) is 9.05. The van der Waals surface area contributed by atoms with Gasteiger partial charge in [0, 0.05) is 35.7 Å². The lowest BCUT2D eigenvalue weighted by atomic mass is 9.84. The van der Waals surface area contributed by atoms with Crippen LogP contribution in [0.4, 0.5) is 20.6 Å². The number of amides is 4. The molecule has 3 aromatic rings. The van der Waals surface area contributed by atoms with Gasteiger partial charge in [-0.1, -0.05) is 36.4 Å². The highest BCUT2D eigenvalue weighted by molar-refractivity contribution is 7.98. The van der Waals surface area contributed by atoms with Gasteiger partial charge in [0.05, 0.1) is 17.0 Å². The number of nitrogens with zero attached hydrogens (tertiary/aromatic N) is 3. The van der Waals surface area contributed by atoms with E-state index in [1.165, 1.54) is 17.0 Å². The normalized spacial score (nSPS) is 20.2. The van der Waals surface area contributed by atoms with E-state index in [1.807, 2.05) is 11.2 Å². The Balaban J connectivity index is 1.29. The van der Waals surface area contributed by atoms with E-state index in [1.54, 1.807) is 72.4 Å². The first-order valence-electron chi connectivity index (χ1n) is 16.2. The minimum atomic E-state index is -1.50. The number of anilines is 2. The summed E-state index contributed by atoms with van der Waals surface area (Å²) in [5, 5.41) is 5.28. The number of aliphatic imine (C=N–C) groups is 1. The number of carbonyl (C=O) groups is 4. The molecule has 3 heterocycles. The lowest BCUT2D eigenvalue weighted by Crippen LogP contribution is -2.51. The molecule has 1 aliphatic carbocycles. The SMILES string of the molecule is CSCCOC(=O)c1cccc(NC(=O)N[C@@H]2N=C(c3ccccc3F)c3ccccc3N(CC(=O)N3CC4CCC(CC4)C3)C2=O)c1. The zero-order chi connectivity index (χ0) is 33.6. The summed E-state index contributed by atoms with van der Waals surface area (Å²) in [5.74, 6) is -0.344. The van der Waals surface area contributed by atoms with Crippen molar-refractivity contribution in [3.63, 3.8) is 0 Å². The third kappa shape index (κ3) is 7.54. The minimum Gasteiger partial charge on any atom is -0.461 e. The van der Waals surface area contributed by atoms with Crippen molar-refractivity contribution in [3.8, 4) is 0 Å². The van der Waals surface area contributed by atoms with Crippen LogP contribution in [0.15, 0.2) is 77.8 Å². The number of esters is 1. The molecule has 48 heavy (non-hydrogen) atoms. The Labute approximate surface area is 283 Å². The Kier molecular flexibility index (Phi) is 10.4. The van der Waals surface area contributed by atoms with Gasteiger partial charge in [-0.15, -0.1) is 0 Å². The van der Waals surface area contributed by atoms with E-state index in [2.05, 4.69) is 15.6 Å². The van der Waals surface area contributed by atoms with Crippen LogP contribution in [0.1, 0.15) is 47.2 Å². The van der Waals surface area contributed by atoms with Gasteiger partial charge >= 0.3 is 12.0 Å². The lowest BCUT2D eigenvalue weighted by Gasteiger charge is -2.29. The molecule has 3 fully saturated rings. The maximum absolute atomic E-state index is 15.3. The van der Waals surface area contributed by atoms with Crippen LogP contribution in [0.5, 0.6) is 0 Å². The van der Waals surface area contributed by atoms with E-state index in [4.69, 9.17) is 4.74 Å². The quantitative estimate of drug-likeness (QED) is 0.235. The predicted molar refractivity (Wildman–Crippen MR) is 184 cm³/mol. The number of halogens is 1. The van der Waals surface area contributed by atoms with Crippen LogP contribution >= 0.6 is 11.8 Å². The van der Waals surface area contributed by atoms with Gasteiger partial charge < -0.3 is 20.3 Å². The number of carbonyl (C=O) groups excluding carboxylic acids is 4. The average Bonchev–Trinajstić information content (AvgIpc) is 3.48. The second-order valence-electron chi connectivity index (χ2n) is 12.3. The van der Waals surface area contributed by atoms with Gasteiger partial charge in [0.15, 0.2) is 0 Å². The van der Waals surface area contributed by atoms with Crippen molar-refractivity contribution >= 4 is 52.7 Å². The van der Waals surface area contributed by atoms with E-state index in [0.29, 0.717) is 41.9 Å². The van der Waals surface area contributed by atoms with Gasteiger partial charge in [-0.25, -0.2) is 19.0 Å². The number of ether oxygens (including phenoxy) is 1. The Morgan fingerprint density at radius 2 is 1.62 bits per heavy atom. The molecule has 7 rings (SSSR count). The minimum absolute atomic E-state index is 0.148. The van der Waals surface area contributed by atoms with E-state index >= 15 is 4.39 Å². The van der Waals surface area contributed by atoms with Crippen LogP contribution in [-0.4, -0.2) is 78.8 Å². The number of thioether (sulfide) groups is 1. The average molecular weight is 672 g/mol. The molecule has 0 unspecified atom stereocenters. The first-order valence-corrected chi connectivity index (χ1v) is 17.5. The molecule has 0 spiro atoms. The maximum Gasteiger partial charge on any atom is 0.338 e. The van der Waals surface area contributed by atoms with Crippen molar-refractivity contribution in [2.24, 2.45) is 16.8 Å². The van der Waals surface area contributed by atoms with Crippen molar-refractivity contribution in [1.29, 1.82) is 0 Å². The molecule has 0 aromatic heterocycles. The van der Waals surface area contributed by atoms with Gasteiger partial charge in [-0.2, -0.15) is 11.8 Å². The molecular weight excluding hydrogens is 633 g/mol. The molecule has 4 amide bonds. The summed E-state index contributed by atoms with van der Waals surface area (Å²) in [5.41, 5.74) is 1.71. The fraction of sp³-hybridized carbons (Fsp3) is 0.361. The van der Waals surface area contributed by atoms with Crippen LogP contribution < -0.4 is 15.5 Å². The zero-order valence-corrected chi connectivity index (χ0v) is 27.5. The number of benzene rings is 3. The van der Waals surface area contributed by atoms with E-state index < -0.39 is 29.9 Å². The number of benzodiazepines with no additional fused rings is 1. The Morgan fingerprint density at radius 1 is 0.938 bits per heavy atom. The van der Waals surface area contributed by atoms with Crippen molar-refractivity contribution in [2.45, 2.75) is 31.8 Å². The van der Waals surface area contributed by atoms with E-state index in [0.717, 1.165) is 25.7 Å². The molecule has 2 bridgehead atoms. The summed E-state index contributed by atoms with van der Waals surface area (Å²) in [6, 6.07) is 18.5. The molecule has 3 aliphatic heterocycles. The fourth-order valence-electron chi connectivity index (χ4n) is 6.60. The second kappa shape index (κ2) is 15.0. The summed E-state index contributed by atoms with van der Waals surface area (Å²) in [6.45, 7) is 1.31. The Bertz CT molecular complexity index is 1710. The predicted octanol–water partition coefficient (Wildman–Crippen LogP) is 5.33. The van der Waals surface area contributed by atoms with Gasteiger partial charge in [0.1, 0.15) is 19.0 Å². The standard InChI is InChI=1S/C36H38FN5O5S/c1-48-18-17-47-35(45)25-7-6-8-26(19-25)38-36(46)40-33-34(44)42(22-31(43)41-20-23-13-14-24(21-41)16-15-23)30-12-5-3-10-28(30)32(39-33)27-9-2-4-11-29(27)37/h2-12,19,23-24,33H,13-18,20-22H2,1H3,(H2,38,40,46)/t23?,24?,33-/m0/s1.